The Kier molecular flexibility index (Phi) is 2.27. The maximum absolute atomic E-state index is 10.3. The lowest BCUT2D eigenvalue weighted by Gasteiger charge is -2.35. The van der Waals surface area contributed by atoms with Crippen LogP contribution >= 0.6 is 0 Å². The molecule has 0 radical (unpaired) electrons. The molecule has 1 saturated heterocycles. The molecule has 0 spiro atoms. The Labute approximate surface area is 61.6 Å². The minimum absolute atomic E-state index is 0.513. The summed E-state index contributed by atoms with van der Waals surface area (Å²) in [4.78, 5) is 14.4. The molecule has 1 aliphatic heterocycles. The van der Waals surface area contributed by atoms with Crippen molar-refractivity contribution >= 4 is 6.41 Å². The van der Waals surface area contributed by atoms with Gasteiger partial charge in [-0.2, -0.15) is 0 Å². The first-order valence-corrected chi connectivity index (χ1v) is 3.63. The van der Waals surface area contributed by atoms with Gasteiger partial charge >= 0.3 is 0 Å². The zero-order valence-electron chi connectivity index (χ0n) is 6.58. The topological polar surface area (TPSA) is 23.6 Å². The largest absolute Gasteiger partial charge is 0.342 e. The number of rotatable bonds is 1. The zero-order valence-corrected chi connectivity index (χ0v) is 6.58. The molecule has 10 heavy (non-hydrogen) atoms. The van der Waals surface area contributed by atoms with Gasteiger partial charge in [-0.15, -0.1) is 0 Å². The average molecular weight is 142 g/mol. The highest BCUT2D eigenvalue weighted by Gasteiger charge is 2.18. The maximum Gasteiger partial charge on any atom is 0.209 e. The number of likely N-dealkylation sites (N-methyl/N-ethyl adjacent to an activating group) is 1. The van der Waals surface area contributed by atoms with Crippen LogP contribution in [0.3, 0.4) is 0 Å². The van der Waals surface area contributed by atoms with Crippen LogP contribution in [0.2, 0.25) is 0 Å². The summed E-state index contributed by atoms with van der Waals surface area (Å²) < 4.78 is 0. The normalized spacial score (nSPS) is 28.6. The lowest BCUT2D eigenvalue weighted by molar-refractivity contribution is -0.120. The summed E-state index contributed by atoms with van der Waals surface area (Å²) in [6.45, 7) is 4.89. The molecule has 0 aromatic rings. The SMILES string of the molecule is CC1CN(C=O)CCN1C. The van der Waals surface area contributed by atoms with Crippen molar-refractivity contribution < 1.29 is 4.79 Å². The monoisotopic (exact) mass is 142 g/mol. The third-order valence-electron chi connectivity index (χ3n) is 2.14. The Morgan fingerprint density at radius 3 is 2.70 bits per heavy atom. The van der Waals surface area contributed by atoms with E-state index in [1.807, 2.05) is 4.90 Å². The summed E-state index contributed by atoms with van der Waals surface area (Å²) in [5.74, 6) is 0. The van der Waals surface area contributed by atoms with Crippen LogP contribution in [0.15, 0.2) is 0 Å². The molecule has 3 nitrogen and oxygen atoms in total. The molecule has 0 bridgehead atoms. The minimum atomic E-state index is 0.513. The quantitative estimate of drug-likeness (QED) is 0.472. The van der Waals surface area contributed by atoms with Crippen LogP contribution in [-0.4, -0.2) is 48.9 Å². The third kappa shape index (κ3) is 1.48. The number of carbonyl (C=O) groups is 1. The van der Waals surface area contributed by atoms with Gasteiger partial charge in [0.2, 0.25) is 6.41 Å². The van der Waals surface area contributed by atoms with Gasteiger partial charge in [0.25, 0.3) is 0 Å². The van der Waals surface area contributed by atoms with E-state index in [-0.39, 0.29) is 0 Å². The molecule has 0 aliphatic carbocycles. The summed E-state index contributed by atoms with van der Waals surface area (Å²) in [7, 11) is 2.09. The number of hydrogen-bond donors (Lipinski definition) is 0. The second-order valence-corrected chi connectivity index (χ2v) is 2.93. The highest BCUT2D eigenvalue weighted by molar-refractivity contribution is 5.47. The van der Waals surface area contributed by atoms with Gasteiger partial charge in [-0.1, -0.05) is 0 Å². The molecule has 58 valence electrons. The molecule has 1 rings (SSSR count). The van der Waals surface area contributed by atoms with Gasteiger partial charge in [0.15, 0.2) is 0 Å². The lowest BCUT2D eigenvalue weighted by Crippen LogP contribution is -2.49. The maximum atomic E-state index is 10.3. The van der Waals surface area contributed by atoms with Gasteiger partial charge in [0.05, 0.1) is 0 Å². The van der Waals surface area contributed by atoms with E-state index in [1.165, 1.54) is 0 Å². The molecule has 1 heterocycles. The molecule has 1 unspecified atom stereocenters. The molecule has 0 aromatic heterocycles. The van der Waals surface area contributed by atoms with Crippen LogP contribution in [0.4, 0.5) is 0 Å². The van der Waals surface area contributed by atoms with E-state index in [9.17, 15) is 4.79 Å². The highest BCUT2D eigenvalue weighted by Crippen LogP contribution is 2.03. The van der Waals surface area contributed by atoms with E-state index in [1.54, 1.807) is 0 Å². The summed E-state index contributed by atoms with van der Waals surface area (Å²) in [5.41, 5.74) is 0. The number of piperazine rings is 1. The Morgan fingerprint density at radius 2 is 2.20 bits per heavy atom. The first-order valence-electron chi connectivity index (χ1n) is 3.63. The molecule has 3 heteroatoms. The fourth-order valence-electron chi connectivity index (χ4n) is 1.17. The zero-order chi connectivity index (χ0) is 7.56. The van der Waals surface area contributed by atoms with Crippen LogP contribution in [0.1, 0.15) is 6.92 Å². The van der Waals surface area contributed by atoms with Crippen LogP contribution in [0.25, 0.3) is 0 Å². The van der Waals surface area contributed by atoms with E-state index >= 15 is 0 Å². The average Bonchev–Trinajstić information content (AvgIpc) is 1.95. The molecular weight excluding hydrogens is 128 g/mol. The van der Waals surface area contributed by atoms with E-state index in [0.717, 1.165) is 26.0 Å². The van der Waals surface area contributed by atoms with Gasteiger partial charge in [-0.05, 0) is 14.0 Å². The first kappa shape index (κ1) is 7.54. The highest BCUT2D eigenvalue weighted by atomic mass is 16.1. The standard InChI is InChI=1S/C7H14N2O/c1-7-5-9(6-10)4-3-8(7)2/h6-7H,3-5H2,1-2H3. The minimum Gasteiger partial charge on any atom is -0.342 e. The summed E-state index contributed by atoms with van der Waals surface area (Å²) in [5, 5.41) is 0. The van der Waals surface area contributed by atoms with Crippen LogP contribution in [0, 0.1) is 0 Å². The molecule has 0 N–H and O–H groups in total. The van der Waals surface area contributed by atoms with Crippen LogP contribution in [0.5, 0.6) is 0 Å². The third-order valence-corrected chi connectivity index (χ3v) is 2.14. The van der Waals surface area contributed by atoms with Crippen LogP contribution in [-0.2, 0) is 4.79 Å². The van der Waals surface area contributed by atoms with Gasteiger partial charge < -0.3 is 9.80 Å². The van der Waals surface area contributed by atoms with Crippen molar-refractivity contribution in [1.82, 2.24) is 9.80 Å². The lowest BCUT2D eigenvalue weighted by atomic mass is 10.2. The van der Waals surface area contributed by atoms with E-state index in [2.05, 4.69) is 18.9 Å². The van der Waals surface area contributed by atoms with Crippen molar-refractivity contribution in [3.63, 3.8) is 0 Å². The molecule has 0 aromatic carbocycles. The number of carbonyl (C=O) groups excluding carboxylic acids is 1. The van der Waals surface area contributed by atoms with E-state index in [0.29, 0.717) is 6.04 Å². The first-order chi connectivity index (χ1) is 4.74. The van der Waals surface area contributed by atoms with Gasteiger partial charge in [-0.3, -0.25) is 4.79 Å². The molecule has 1 amide bonds. The van der Waals surface area contributed by atoms with Crippen molar-refractivity contribution in [1.29, 1.82) is 0 Å². The fourth-order valence-corrected chi connectivity index (χ4v) is 1.17. The van der Waals surface area contributed by atoms with Crippen molar-refractivity contribution in [2.24, 2.45) is 0 Å². The summed E-state index contributed by atoms with van der Waals surface area (Å²) in [6.07, 6.45) is 0.934. The molecule has 0 saturated carbocycles. The Hall–Kier alpha value is -0.570. The Balaban J connectivity index is 2.40. The predicted octanol–water partition coefficient (Wildman–Crippen LogP) is -0.221. The van der Waals surface area contributed by atoms with Crippen molar-refractivity contribution in [3.05, 3.63) is 0 Å². The van der Waals surface area contributed by atoms with Crippen LogP contribution < -0.4 is 0 Å². The van der Waals surface area contributed by atoms with Crippen molar-refractivity contribution in [2.75, 3.05) is 26.7 Å². The Morgan fingerprint density at radius 1 is 1.50 bits per heavy atom. The van der Waals surface area contributed by atoms with Crippen molar-refractivity contribution in [2.45, 2.75) is 13.0 Å². The van der Waals surface area contributed by atoms with Crippen molar-refractivity contribution in [3.8, 4) is 0 Å². The van der Waals surface area contributed by atoms with E-state index < -0.39 is 0 Å². The summed E-state index contributed by atoms with van der Waals surface area (Å²) in [6, 6.07) is 0.513. The predicted molar refractivity (Wildman–Crippen MR) is 39.7 cm³/mol. The van der Waals surface area contributed by atoms with Gasteiger partial charge in [0, 0.05) is 25.7 Å². The second-order valence-electron chi connectivity index (χ2n) is 2.93. The molecular formula is C7H14N2O. The Bertz CT molecular complexity index is 127. The van der Waals surface area contributed by atoms with E-state index in [4.69, 9.17) is 0 Å². The van der Waals surface area contributed by atoms with Gasteiger partial charge in [0.1, 0.15) is 0 Å². The summed E-state index contributed by atoms with van der Waals surface area (Å²) >= 11 is 0. The van der Waals surface area contributed by atoms with Gasteiger partial charge in [-0.25, -0.2) is 0 Å². The number of nitrogens with zero attached hydrogens (tertiary/aromatic N) is 2. The molecule has 1 atom stereocenters. The number of amides is 1. The molecule has 1 aliphatic rings. The molecule has 1 fully saturated rings. The number of hydrogen-bond acceptors (Lipinski definition) is 2. The second kappa shape index (κ2) is 3.01. The smallest absolute Gasteiger partial charge is 0.209 e. The fraction of sp³-hybridized carbons (Fsp3) is 0.857.